The van der Waals surface area contributed by atoms with E-state index >= 15 is 0 Å². The molecule has 0 atom stereocenters. The first-order chi connectivity index (χ1) is 7.85. The van der Waals surface area contributed by atoms with Crippen LogP contribution >= 0.6 is 11.6 Å². The Morgan fingerprint density at radius 3 is 2.53 bits per heavy atom. The molecule has 0 bridgehead atoms. The highest BCUT2D eigenvalue weighted by molar-refractivity contribution is 7.92. The van der Waals surface area contributed by atoms with Gasteiger partial charge in [-0.25, -0.2) is 8.42 Å². The van der Waals surface area contributed by atoms with Gasteiger partial charge >= 0.3 is 0 Å². The Morgan fingerprint density at radius 1 is 1.35 bits per heavy atom. The van der Waals surface area contributed by atoms with Crippen molar-refractivity contribution in [3.05, 3.63) is 23.2 Å². The van der Waals surface area contributed by atoms with E-state index in [9.17, 15) is 8.42 Å². The van der Waals surface area contributed by atoms with Crippen LogP contribution < -0.4 is 9.62 Å². The second kappa shape index (κ2) is 5.60. The Morgan fingerprint density at radius 2 is 2.00 bits per heavy atom. The van der Waals surface area contributed by atoms with Crippen LogP contribution in [0.3, 0.4) is 0 Å². The fourth-order valence-electron chi connectivity index (χ4n) is 1.47. The lowest BCUT2D eigenvalue weighted by Gasteiger charge is -2.18. The molecule has 0 aromatic heterocycles. The van der Waals surface area contributed by atoms with Gasteiger partial charge in [0.15, 0.2) is 0 Å². The molecular weight excluding hydrogens is 260 g/mol. The van der Waals surface area contributed by atoms with Crippen LogP contribution in [-0.2, 0) is 10.0 Å². The molecule has 0 heterocycles. The first kappa shape index (κ1) is 14.1. The summed E-state index contributed by atoms with van der Waals surface area (Å²) in [7, 11) is 0.403. The van der Waals surface area contributed by atoms with Gasteiger partial charge in [0.25, 0.3) is 0 Å². The van der Waals surface area contributed by atoms with Crippen LogP contribution in [-0.4, -0.2) is 28.3 Å². The number of sulfonamides is 1. The molecule has 0 unspecified atom stereocenters. The molecule has 0 saturated carbocycles. The highest BCUT2D eigenvalue weighted by Crippen LogP contribution is 2.28. The van der Waals surface area contributed by atoms with Gasteiger partial charge in [-0.15, -0.1) is 0 Å². The molecule has 0 fully saturated rings. The van der Waals surface area contributed by atoms with Gasteiger partial charge in [0.2, 0.25) is 10.0 Å². The first-order valence-electron chi connectivity index (χ1n) is 5.33. The number of benzene rings is 1. The van der Waals surface area contributed by atoms with Crippen LogP contribution in [0.5, 0.6) is 0 Å². The number of halogens is 1. The summed E-state index contributed by atoms with van der Waals surface area (Å²) in [6.45, 7) is 1.82. The summed E-state index contributed by atoms with van der Waals surface area (Å²) in [5.41, 5.74) is 1.30. The second-order valence-corrected chi connectivity index (χ2v) is 6.26. The van der Waals surface area contributed by atoms with Crippen molar-refractivity contribution in [3.63, 3.8) is 0 Å². The minimum absolute atomic E-state index is 0.104. The molecule has 1 N–H and O–H groups in total. The van der Waals surface area contributed by atoms with Crippen molar-refractivity contribution < 1.29 is 8.42 Å². The predicted molar refractivity (Wildman–Crippen MR) is 73.5 cm³/mol. The minimum Gasteiger partial charge on any atom is -0.376 e. The van der Waals surface area contributed by atoms with Crippen molar-refractivity contribution in [2.45, 2.75) is 13.3 Å². The molecule has 96 valence electrons. The number of nitrogens with one attached hydrogen (secondary N) is 1. The monoisotopic (exact) mass is 276 g/mol. The molecular formula is C11H17ClN2O2S. The third-order valence-corrected chi connectivity index (χ3v) is 3.89. The molecule has 17 heavy (non-hydrogen) atoms. The Balaban J connectivity index is 3.08. The molecule has 0 aliphatic heterocycles. The van der Waals surface area contributed by atoms with Gasteiger partial charge in [0, 0.05) is 19.1 Å². The lowest BCUT2D eigenvalue weighted by atomic mass is 10.2. The lowest BCUT2D eigenvalue weighted by Crippen LogP contribution is -2.19. The van der Waals surface area contributed by atoms with Crippen molar-refractivity contribution in [1.29, 1.82) is 0 Å². The number of anilines is 2. The average Bonchev–Trinajstić information content (AvgIpc) is 2.15. The van der Waals surface area contributed by atoms with Crippen LogP contribution in [0.25, 0.3) is 0 Å². The molecule has 1 aromatic rings. The fourth-order valence-corrected chi connectivity index (χ4v) is 2.78. The van der Waals surface area contributed by atoms with Gasteiger partial charge < -0.3 is 4.90 Å². The van der Waals surface area contributed by atoms with E-state index in [1.807, 2.05) is 25.9 Å². The quantitative estimate of drug-likeness (QED) is 0.899. The maximum absolute atomic E-state index is 11.7. The van der Waals surface area contributed by atoms with Crippen molar-refractivity contribution in [1.82, 2.24) is 0 Å². The third-order valence-electron chi connectivity index (χ3n) is 2.18. The van der Waals surface area contributed by atoms with Crippen LogP contribution in [0.2, 0.25) is 5.02 Å². The minimum atomic E-state index is -3.29. The second-order valence-electron chi connectivity index (χ2n) is 3.98. The third kappa shape index (κ3) is 4.09. The summed E-state index contributed by atoms with van der Waals surface area (Å²) in [5, 5.41) is 0.504. The van der Waals surface area contributed by atoms with Crippen LogP contribution in [0.1, 0.15) is 13.3 Å². The van der Waals surface area contributed by atoms with E-state index in [4.69, 9.17) is 11.6 Å². The summed E-state index contributed by atoms with van der Waals surface area (Å²) < 4.78 is 26.0. The standard InChI is InChI=1S/C11H17ClN2O2S/c1-4-7-17(15,16)13-10-8-9(12)5-6-11(10)14(2)3/h5-6,8,13H,4,7H2,1-3H3. The molecule has 0 spiro atoms. The Bertz CT molecular complexity index is 486. The van der Waals surface area contributed by atoms with Crippen molar-refractivity contribution in [2.24, 2.45) is 0 Å². The topological polar surface area (TPSA) is 49.4 Å². The molecule has 0 aliphatic carbocycles. The van der Waals surface area contributed by atoms with Gasteiger partial charge in [-0.2, -0.15) is 0 Å². The zero-order chi connectivity index (χ0) is 13.1. The maximum Gasteiger partial charge on any atom is 0.232 e. The summed E-state index contributed by atoms with van der Waals surface area (Å²) in [5.74, 6) is 0.104. The molecule has 1 rings (SSSR count). The fraction of sp³-hybridized carbons (Fsp3) is 0.455. The molecule has 0 radical (unpaired) electrons. The number of hydrogen-bond acceptors (Lipinski definition) is 3. The zero-order valence-corrected chi connectivity index (χ0v) is 11.8. The lowest BCUT2D eigenvalue weighted by molar-refractivity contribution is 0.600. The summed E-state index contributed by atoms with van der Waals surface area (Å²) in [6.07, 6.45) is 0.577. The molecule has 6 heteroatoms. The number of hydrogen-bond donors (Lipinski definition) is 1. The molecule has 0 aliphatic rings. The number of nitrogens with zero attached hydrogens (tertiary/aromatic N) is 1. The number of rotatable bonds is 5. The Kier molecular flexibility index (Phi) is 4.65. The summed E-state index contributed by atoms with van der Waals surface area (Å²) >= 11 is 5.87. The van der Waals surface area contributed by atoms with E-state index in [0.717, 1.165) is 5.69 Å². The summed E-state index contributed by atoms with van der Waals surface area (Å²) in [4.78, 5) is 1.83. The van der Waals surface area contributed by atoms with E-state index in [2.05, 4.69) is 4.72 Å². The van der Waals surface area contributed by atoms with Crippen LogP contribution in [0.15, 0.2) is 18.2 Å². The summed E-state index contributed by atoms with van der Waals surface area (Å²) in [6, 6.07) is 5.13. The smallest absolute Gasteiger partial charge is 0.232 e. The van der Waals surface area contributed by atoms with Gasteiger partial charge in [-0.3, -0.25) is 4.72 Å². The van der Waals surface area contributed by atoms with Gasteiger partial charge in [-0.1, -0.05) is 18.5 Å². The van der Waals surface area contributed by atoms with E-state index in [0.29, 0.717) is 17.1 Å². The molecule has 4 nitrogen and oxygen atoms in total. The Hall–Kier alpha value is -0.940. The highest BCUT2D eigenvalue weighted by Gasteiger charge is 2.13. The van der Waals surface area contributed by atoms with E-state index in [1.165, 1.54) is 0 Å². The SMILES string of the molecule is CCCS(=O)(=O)Nc1cc(Cl)ccc1N(C)C. The van der Waals surface area contributed by atoms with E-state index < -0.39 is 10.0 Å². The van der Waals surface area contributed by atoms with E-state index in [-0.39, 0.29) is 5.75 Å². The van der Waals surface area contributed by atoms with E-state index in [1.54, 1.807) is 18.2 Å². The van der Waals surface area contributed by atoms with Crippen LogP contribution in [0, 0.1) is 0 Å². The normalized spacial score (nSPS) is 11.3. The molecule has 1 aromatic carbocycles. The van der Waals surface area contributed by atoms with Gasteiger partial charge in [0.1, 0.15) is 0 Å². The van der Waals surface area contributed by atoms with Crippen molar-refractivity contribution >= 4 is 33.0 Å². The predicted octanol–water partition coefficient (Wildman–Crippen LogP) is 2.56. The molecule has 0 saturated heterocycles. The van der Waals surface area contributed by atoms with Crippen LogP contribution in [0.4, 0.5) is 11.4 Å². The Labute approximate surface area is 108 Å². The first-order valence-corrected chi connectivity index (χ1v) is 7.36. The highest BCUT2D eigenvalue weighted by atomic mass is 35.5. The zero-order valence-electron chi connectivity index (χ0n) is 10.2. The van der Waals surface area contributed by atoms with Gasteiger partial charge in [0.05, 0.1) is 17.1 Å². The molecule has 0 amide bonds. The van der Waals surface area contributed by atoms with Gasteiger partial charge in [-0.05, 0) is 24.6 Å². The largest absolute Gasteiger partial charge is 0.376 e. The van der Waals surface area contributed by atoms with Crippen molar-refractivity contribution in [2.75, 3.05) is 29.5 Å². The average molecular weight is 277 g/mol. The maximum atomic E-state index is 11.7. The van der Waals surface area contributed by atoms with Crippen molar-refractivity contribution in [3.8, 4) is 0 Å².